The summed E-state index contributed by atoms with van der Waals surface area (Å²) in [5, 5.41) is 21.7. The third-order valence-electron chi connectivity index (χ3n) is 3.93. The van der Waals surface area contributed by atoms with Crippen molar-refractivity contribution in [2.45, 2.75) is 6.61 Å². The van der Waals surface area contributed by atoms with E-state index in [4.69, 9.17) is 9.47 Å². The van der Waals surface area contributed by atoms with Crippen LogP contribution in [-0.2, 0) is 11.3 Å². The number of nitrogens with zero attached hydrogens (tertiary/aromatic N) is 2. The van der Waals surface area contributed by atoms with E-state index in [9.17, 15) is 25.0 Å². The number of nitro benzene ring substituents is 2. The van der Waals surface area contributed by atoms with Crippen LogP contribution in [0.3, 0.4) is 0 Å². The molecular weight excluding hydrogens is 460 g/mol. The molecule has 10 heteroatoms. The first-order chi connectivity index (χ1) is 14.3. The Morgan fingerprint density at radius 2 is 1.63 bits per heavy atom. The first-order valence-electron chi connectivity index (χ1n) is 8.46. The van der Waals surface area contributed by atoms with Gasteiger partial charge in [-0.1, -0.05) is 12.1 Å². The van der Waals surface area contributed by atoms with Crippen LogP contribution in [0.4, 0.5) is 11.4 Å². The predicted molar refractivity (Wildman–Crippen MR) is 110 cm³/mol. The van der Waals surface area contributed by atoms with E-state index in [1.165, 1.54) is 36.4 Å². The molecule has 0 amide bonds. The quantitative estimate of drug-likeness (QED) is 0.255. The molecule has 0 heterocycles. The van der Waals surface area contributed by atoms with Gasteiger partial charge in [0, 0.05) is 18.2 Å². The Hall–Kier alpha value is -3.79. The zero-order valence-electron chi connectivity index (χ0n) is 15.2. The van der Waals surface area contributed by atoms with Gasteiger partial charge in [0.15, 0.2) is 0 Å². The van der Waals surface area contributed by atoms with Gasteiger partial charge in [-0.3, -0.25) is 20.2 Å². The first kappa shape index (κ1) is 20.9. The van der Waals surface area contributed by atoms with E-state index in [2.05, 4.69) is 15.9 Å². The summed E-state index contributed by atoms with van der Waals surface area (Å²) in [6.45, 7) is -0.0693. The number of esters is 1. The molecule has 0 saturated carbocycles. The Labute approximate surface area is 178 Å². The zero-order valence-corrected chi connectivity index (χ0v) is 16.8. The molecule has 0 aliphatic rings. The lowest BCUT2D eigenvalue weighted by molar-refractivity contribution is -0.385. The van der Waals surface area contributed by atoms with Crippen molar-refractivity contribution in [1.82, 2.24) is 0 Å². The fourth-order valence-electron chi connectivity index (χ4n) is 2.48. The summed E-state index contributed by atoms with van der Waals surface area (Å²) >= 11 is 3.06. The van der Waals surface area contributed by atoms with Gasteiger partial charge >= 0.3 is 5.97 Å². The molecule has 0 aliphatic heterocycles. The van der Waals surface area contributed by atoms with Crippen LogP contribution < -0.4 is 4.74 Å². The van der Waals surface area contributed by atoms with Crippen molar-refractivity contribution in [3.05, 3.63) is 103 Å². The van der Waals surface area contributed by atoms with Crippen LogP contribution in [-0.4, -0.2) is 15.8 Å². The van der Waals surface area contributed by atoms with Gasteiger partial charge < -0.3 is 9.47 Å². The van der Waals surface area contributed by atoms with Gasteiger partial charge in [-0.25, -0.2) is 4.79 Å². The fraction of sp³-hybridized carbons (Fsp3) is 0.0500. The van der Waals surface area contributed by atoms with Crippen LogP contribution in [0, 0.1) is 20.2 Å². The smallest absolute Gasteiger partial charge is 0.338 e. The second-order valence-electron chi connectivity index (χ2n) is 6.00. The Morgan fingerprint density at radius 1 is 0.900 bits per heavy atom. The Kier molecular flexibility index (Phi) is 6.38. The van der Waals surface area contributed by atoms with Crippen LogP contribution >= 0.6 is 15.9 Å². The molecule has 0 saturated heterocycles. The van der Waals surface area contributed by atoms with E-state index in [1.807, 2.05) is 0 Å². The molecule has 0 atom stereocenters. The van der Waals surface area contributed by atoms with E-state index in [-0.39, 0.29) is 28.0 Å². The highest BCUT2D eigenvalue weighted by Crippen LogP contribution is 2.27. The van der Waals surface area contributed by atoms with E-state index >= 15 is 0 Å². The second-order valence-corrected chi connectivity index (χ2v) is 6.85. The van der Waals surface area contributed by atoms with Gasteiger partial charge in [0.2, 0.25) is 0 Å². The third kappa shape index (κ3) is 5.17. The van der Waals surface area contributed by atoms with E-state index < -0.39 is 15.8 Å². The maximum atomic E-state index is 12.2. The molecule has 0 bridgehead atoms. The summed E-state index contributed by atoms with van der Waals surface area (Å²) in [7, 11) is 0. The molecule has 3 aromatic rings. The molecule has 0 unspecified atom stereocenters. The summed E-state index contributed by atoms with van der Waals surface area (Å²) in [5.74, 6) is 0.167. The van der Waals surface area contributed by atoms with Crippen molar-refractivity contribution >= 4 is 33.3 Å². The summed E-state index contributed by atoms with van der Waals surface area (Å²) in [6, 6.07) is 16.4. The highest BCUT2D eigenvalue weighted by atomic mass is 79.9. The van der Waals surface area contributed by atoms with E-state index in [0.717, 1.165) is 6.07 Å². The molecule has 0 aromatic heterocycles. The number of halogens is 1. The van der Waals surface area contributed by atoms with Crippen molar-refractivity contribution in [2.24, 2.45) is 0 Å². The number of hydrogen-bond donors (Lipinski definition) is 0. The standard InChI is InChI=1S/C20H13BrN2O7/c21-18-9-4-14(11-19(18)23(27)28)20(24)29-12-13-2-1-3-17(10-13)30-16-7-5-15(6-8-16)22(25)26/h1-11H,12H2. The van der Waals surface area contributed by atoms with Crippen LogP contribution in [0.5, 0.6) is 11.5 Å². The minimum Gasteiger partial charge on any atom is -0.457 e. The highest BCUT2D eigenvalue weighted by molar-refractivity contribution is 9.10. The average molecular weight is 473 g/mol. The largest absolute Gasteiger partial charge is 0.457 e. The number of benzene rings is 3. The van der Waals surface area contributed by atoms with Crippen LogP contribution in [0.25, 0.3) is 0 Å². The number of non-ortho nitro benzene ring substituents is 1. The minimum absolute atomic E-state index is 0.0452. The van der Waals surface area contributed by atoms with Crippen LogP contribution in [0.15, 0.2) is 71.2 Å². The summed E-state index contributed by atoms with van der Waals surface area (Å²) in [4.78, 5) is 32.8. The van der Waals surface area contributed by atoms with Crippen LogP contribution in [0.2, 0.25) is 0 Å². The normalized spacial score (nSPS) is 10.3. The molecule has 30 heavy (non-hydrogen) atoms. The lowest BCUT2D eigenvalue weighted by atomic mass is 10.2. The fourth-order valence-corrected chi connectivity index (χ4v) is 2.87. The topological polar surface area (TPSA) is 122 Å². The van der Waals surface area contributed by atoms with Gasteiger partial charge in [0.1, 0.15) is 18.1 Å². The molecule has 0 radical (unpaired) electrons. The van der Waals surface area contributed by atoms with Gasteiger partial charge in [0.05, 0.1) is 19.9 Å². The number of rotatable bonds is 7. The number of nitro groups is 2. The lowest BCUT2D eigenvalue weighted by Crippen LogP contribution is -2.06. The minimum atomic E-state index is -0.702. The van der Waals surface area contributed by atoms with Crippen molar-refractivity contribution < 1.29 is 24.1 Å². The molecule has 0 N–H and O–H groups in total. The van der Waals surface area contributed by atoms with Gasteiger partial charge in [0.25, 0.3) is 11.4 Å². The van der Waals surface area contributed by atoms with Crippen molar-refractivity contribution in [3.8, 4) is 11.5 Å². The van der Waals surface area contributed by atoms with Gasteiger partial charge in [-0.15, -0.1) is 0 Å². The van der Waals surface area contributed by atoms with Crippen molar-refractivity contribution in [3.63, 3.8) is 0 Å². The molecule has 0 fully saturated rings. The summed E-state index contributed by atoms with van der Waals surface area (Å²) < 4.78 is 11.1. The monoisotopic (exact) mass is 472 g/mol. The SMILES string of the molecule is O=C(OCc1cccc(Oc2ccc([N+](=O)[O-])cc2)c1)c1ccc(Br)c([N+](=O)[O-])c1. The predicted octanol–water partition coefficient (Wildman–Crippen LogP) is 5.41. The summed E-state index contributed by atoms with van der Waals surface area (Å²) in [5.41, 5.74) is 0.414. The van der Waals surface area contributed by atoms with Crippen molar-refractivity contribution in [1.29, 1.82) is 0 Å². The summed E-state index contributed by atoms with van der Waals surface area (Å²) in [6.07, 6.45) is 0. The molecule has 9 nitrogen and oxygen atoms in total. The second kappa shape index (κ2) is 9.14. The molecule has 0 aliphatic carbocycles. The molecule has 3 aromatic carbocycles. The van der Waals surface area contributed by atoms with Crippen LogP contribution in [0.1, 0.15) is 15.9 Å². The molecular formula is C20H13BrN2O7. The number of carbonyl (C=O) groups is 1. The highest BCUT2D eigenvalue weighted by Gasteiger charge is 2.17. The van der Waals surface area contributed by atoms with Crippen molar-refractivity contribution in [2.75, 3.05) is 0 Å². The van der Waals surface area contributed by atoms with Gasteiger partial charge in [-0.05, 0) is 57.9 Å². The molecule has 152 valence electrons. The lowest BCUT2D eigenvalue weighted by Gasteiger charge is -2.09. The average Bonchev–Trinajstić information content (AvgIpc) is 2.73. The third-order valence-corrected chi connectivity index (χ3v) is 4.60. The Bertz CT molecular complexity index is 1120. The maximum Gasteiger partial charge on any atom is 0.338 e. The first-order valence-corrected chi connectivity index (χ1v) is 9.25. The Balaban J connectivity index is 1.65. The Morgan fingerprint density at radius 3 is 2.30 bits per heavy atom. The number of ether oxygens (including phenoxy) is 2. The zero-order chi connectivity index (χ0) is 21.7. The molecule has 3 rings (SSSR count). The number of hydrogen-bond acceptors (Lipinski definition) is 7. The van der Waals surface area contributed by atoms with E-state index in [0.29, 0.717) is 17.1 Å². The number of carbonyl (C=O) groups excluding carboxylic acids is 1. The van der Waals surface area contributed by atoms with Gasteiger partial charge in [-0.2, -0.15) is 0 Å². The maximum absolute atomic E-state index is 12.2. The molecule has 0 spiro atoms. The van der Waals surface area contributed by atoms with E-state index in [1.54, 1.807) is 24.3 Å².